The van der Waals surface area contributed by atoms with E-state index in [1.807, 2.05) is 17.5 Å². The summed E-state index contributed by atoms with van der Waals surface area (Å²) in [6.45, 7) is 3.19. The number of thiophene rings is 1. The van der Waals surface area contributed by atoms with E-state index in [2.05, 4.69) is 15.0 Å². The highest BCUT2D eigenvalue weighted by Crippen LogP contribution is 2.27. The Morgan fingerprint density at radius 3 is 2.76 bits per heavy atom. The number of halogens is 2. The van der Waals surface area contributed by atoms with Crippen LogP contribution in [0.15, 0.2) is 40.2 Å². The Hall–Kier alpha value is -2.13. The number of hydrogen-bond acceptors (Lipinski definition) is 7. The zero-order valence-electron chi connectivity index (χ0n) is 15.4. The Morgan fingerprint density at radius 2 is 2.03 bits per heavy atom. The third-order valence-electron chi connectivity index (χ3n) is 4.54. The van der Waals surface area contributed by atoms with Crippen molar-refractivity contribution in [3.8, 4) is 16.5 Å². The molecule has 0 N–H and O–H groups in total. The highest BCUT2D eigenvalue weighted by atomic mass is 35.5. The lowest BCUT2D eigenvalue weighted by Crippen LogP contribution is -2.49. The van der Waals surface area contributed by atoms with Gasteiger partial charge in [-0.05, 0) is 29.6 Å². The van der Waals surface area contributed by atoms with Crippen LogP contribution in [0.2, 0.25) is 10.0 Å². The Morgan fingerprint density at radius 1 is 1.21 bits per heavy atom. The molecule has 1 aromatic carbocycles. The first-order valence-corrected chi connectivity index (χ1v) is 10.7. The summed E-state index contributed by atoms with van der Waals surface area (Å²) >= 11 is 13.5. The molecule has 3 heterocycles. The molecule has 1 aliphatic heterocycles. The first-order chi connectivity index (χ1) is 14.1. The summed E-state index contributed by atoms with van der Waals surface area (Å²) in [5.74, 6) is 1.56. The number of carbonyl (C=O) groups is 1. The topological polar surface area (TPSA) is 71.7 Å². The summed E-state index contributed by atoms with van der Waals surface area (Å²) in [4.78, 5) is 21.8. The van der Waals surface area contributed by atoms with Crippen LogP contribution in [0.4, 0.5) is 0 Å². The molecule has 29 heavy (non-hydrogen) atoms. The number of ether oxygens (including phenoxy) is 1. The normalized spacial score (nSPS) is 14.9. The van der Waals surface area contributed by atoms with Crippen LogP contribution >= 0.6 is 34.5 Å². The van der Waals surface area contributed by atoms with Gasteiger partial charge in [-0.25, -0.2) is 0 Å². The third kappa shape index (κ3) is 5.08. The number of piperazine rings is 1. The van der Waals surface area contributed by atoms with Crippen molar-refractivity contribution in [1.29, 1.82) is 0 Å². The minimum absolute atomic E-state index is 0.0603. The Bertz CT molecular complexity index is 972. The van der Waals surface area contributed by atoms with Crippen LogP contribution in [-0.2, 0) is 11.3 Å². The number of amides is 1. The van der Waals surface area contributed by atoms with Gasteiger partial charge in [-0.2, -0.15) is 4.98 Å². The standard InChI is InChI=1S/C19H18Cl2N4O3S/c20-13-3-4-15(14(21)10-13)27-12-18(26)25-7-5-24(6-8-25)11-17-22-19(23-28-17)16-2-1-9-29-16/h1-4,9-10H,5-8,11-12H2. The molecule has 0 saturated carbocycles. The predicted molar refractivity (Wildman–Crippen MR) is 111 cm³/mol. The van der Waals surface area contributed by atoms with Gasteiger partial charge in [-0.3, -0.25) is 9.69 Å². The van der Waals surface area contributed by atoms with Crippen molar-refractivity contribution in [1.82, 2.24) is 19.9 Å². The van der Waals surface area contributed by atoms with Gasteiger partial charge in [0.25, 0.3) is 5.91 Å². The molecule has 1 aliphatic rings. The second-order valence-corrected chi connectivity index (χ2v) is 8.30. The average Bonchev–Trinajstić information content (AvgIpc) is 3.39. The summed E-state index contributed by atoms with van der Waals surface area (Å²) in [5.41, 5.74) is 0. The van der Waals surface area contributed by atoms with Crippen LogP contribution in [0.3, 0.4) is 0 Å². The second kappa shape index (κ2) is 9.13. The molecule has 4 rings (SSSR count). The van der Waals surface area contributed by atoms with E-state index >= 15 is 0 Å². The fraction of sp³-hybridized carbons (Fsp3) is 0.316. The maximum Gasteiger partial charge on any atom is 0.260 e. The molecule has 0 unspecified atom stereocenters. The minimum Gasteiger partial charge on any atom is -0.482 e. The number of hydrogen-bond donors (Lipinski definition) is 0. The molecule has 10 heteroatoms. The molecule has 0 atom stereocenters. The van der Waals surface area contributed by atoms with E-state index in [9.17, 15) is 4.79 Å². The molecular weight excluding hydrogens is 435 g/mol. The van der Waals surface area contributed by atoms with Crippen LogP contribution in [0.1, 0.15) is 5.89 Å². The Balaban J connectivity index is 1.24. The van der Waals surface area contributed by atoms with Gasteiger partial charge in [0.2, 0.25) is 11.7 Å². The summed E-state index contributed by atoms with van der Waals surface area (Å²) in [6.07, 6.45) is 0. The van der Waals surface area contributed by atoms with Gasteiger partial charge in [0.05, 0.1) is 16.4 Å². The van der Waals surface area contributed by atoms with Crippen molar-refractivity contribution in [3.63, 3.8) is 0 Å². The summed E-state index contributed by atoms with van der Waals surface area (Å²) in [7, 11) is 0. The average molecular weight is 453 g/mol. The number of carbonyl (C=O) groups excluding carboxylic acids is 1. The zero-order chi connectivity index (χ0) is 20.2. The number of benzene rings is 1. The Labute approximate surface area is 181 Å². The zero-order valence-corrected chi connectivity index (χ0v) is 17.7. The van der Waals surface area contributed by atoms with Crippen molar-refractivity contribution in [3.05, 3.63) is 51.6 Å². The molecule has 0 radical (unpaired) electrons. The second-order valence-electron chi connectivity index (χ2n) is 6.51. The molecule has 3 aromatic rings. The third-order valence-corrected chi connectivity index (χ3v) is 5.93. The smallest absolute Gasteiger partial charge is 0.260 e. The van der Waals surface area contributed by atoms with E-state index in [1.54, 1.807) is 34.4 Å². The summed E-state index contributed by atoms with van der Waals surface area (Å²) in [5, 5.41) is 6.92. The first-order valence-electron chi connectivity index (χ1n) is 9.03. The van der Waals surface area contributed by atoms with Crippen molar-refractivity contribution in [2.24, 2.45) is 0 Å². The molecule has 2 aromatic heterocycles. The van der Waals surface area contributed by atoms with Crippen LogP contribution < -0.4 is 4.74 Å². The molecule has 0 spiro atoms. The number of aromatic nitrogens is 2. The Kier molecular flexibility index (Phi) is 6.34. The van der Waals surface area contributed by atoms with Gasteiger partial charge in [0.1, 0.15) is 5.75 Å². The van der Waals surface area contributed by atoms with Gasteiger partial charge in [-0.1, -0.05) is 34.4 Å². The lowest BCUT2D eigenvalue weighted by Gasteiger charge is -2.33. The van der Waals surface area contributed by atoms with Crippen molar-refractivity contribution in [2.75, 3.05) is 32.8 Å². The van der Waals surface area contributed by atoms with Crippen LogP contribution in [0.25, 0.3) is 10.7 Å². The molecular formula is C19H18Cl2N4O3S. The maximum atomic E-state index is 12.4. The molecule has 1 saturated heterocycles. The molecule has 0 bridgehead atoms. The van der Waals surface area contributed by atoms with E-state index in [1.165, 1.54) is 0 Å². The number of rotatable bonds is 6. The highest BCUT2D eigenvalue weighted by Gasteiger charge is 2.23. The highest BCUT2D eigenvalue weighted by molar-refractivity contribution is 7.13. The van der Waals surface area contributed by atoms with Gasteiger partial charge >= 0.3 is 0 Å². The van der Waals surface area contributed by atoms with Crippen molar-refractivity contribution >= 4 is 40.4 Å². The van der Waals surface area contributed by atoms with E-state index < -0.39 is 0 Å². The minimum atomic E-state index is -0.0755. The van der Waals surface area contributed by atoms with E-state index in [4.69, 9.17) is 32.5 Å². The monoisotopic (exact) mass is 452 g/mol. The molecule has 1 amide bonds. The molecule has 7 nitrogen and oxygen atoms in total. The van der Waals surface area contributed by atoms with Crippen LogP contribution in [0.5, 0.6) is 5.75 Å². The fourth-order valence-electron chi connectivity index (χ4n) is 2.99. The SMILES string of the molecule is O=C(COc1ccc(Cl)cc1Cl)N1CCN(Cc2nc(-c3cccs3)no2)CC1. The van der Waals surface area contributed by atoms with Gasteiger partial charge in [0, 0.05) is 31.2 Å². The lowest BCUT2D eigenvalue weighted by atomic mass is 10.3. The van der Waals surface area contributed by atoms with Gasteiger partial charge in [-0.15, -0.1) is 11.3 Å². The maximum absolute atomic E-state index is 12.4. The van der Waals surface area contributed by atoms with Crippen molar-refractivity contribution in [2.45, 2.75) is 6.54 Å². The summed E-state index contributed by atoms with van der Waals surface area (Å²) in [6, 6.07) is 8.83. The largest absolute Gasteiger partial charge is 0.482 e. The van der Waals surface area contributed by atoms with E-state index in [-0.39, 0.29) is 12.5 Å². The van der Waals surface area contributed by atoms with Crippen LogP contribution in [-0.4, -0.2) is 58.6 Å². The number of nitrogens with zero attached hydrogens (tertiary/aromatic N) is 4. The lowest BCUT2D eigenvalue weighted by molar-refractivity contribution is -0.135. The van der Waals surface area contributed by atoms with E-state index in [0.717, 1.165) is 18.0 Å². The van der Waals surface area contributed by atoms with Gasteiger partial charge < -0.3 is 14.2 Å². The molecule has 0 aliphatic carbocycles. The first kappa shape index (κ1) is 20.2. The predicted octanol–water partition coefficient (Wildman–Crippen LogP) is 3.83. The quantitative estimate of drug-likeness (QED) is 0.565. The van der Waals surface area contributed by atoms with Crippen LogP contribution in [0, 0.1) is 0 Å². The van der Waals surface area contributed by atoms with Gasteiger partial charge in [0.15, 0.2) is 6.61 Å². The molecule has 152 valence electrons. The molecule has 1 fully saturated rings. The van der Waals surface area contributed by atoms with E-state index in [0.29, 0.717) is 47.1 Å². The summed E-state index contributed by atoms with van der Waals surface area (Å²) < 4.78 is 10.9. The van der Waals surface area contributed by atoms with Crippen molar-refractivity contribution < 1.29 is 14.1 Å². The fourth-order valence-corrected chi connectivity index (χ4v) is 4.11.